The normalized spacial score (nSPS) is 11.6. The number of benzene rings is 1. The number of aryl methyl sites for hydroxylation is 1. The Hall–Kier alpha value is -1.26. The van der Waals surface area contributed by atoms with Crippen LogP contribution in [0.4, 0.5) is 0 Å². The predicted molar refractivity (Wildman–Crippen MR) is 73.1 cm³/mol. The first kappa shape index (κ1) is 13.2. The van der Waals surface area contributed by atoms with E-state index in [1.807, 2.05) is 18.2 Å². The molecular formula is C13H17ClN2O2. The van der Waals surface area contributed by atoms with Gasteiger partial charge in [0, 0.05) is 19.5 Å². The molecule has 0 bridgehead atoms. The van der Waals surface area contributed by atoms with Crippen LogP contribution < -0.4 is 5.76 Å². The van der Waals surface area contributed by atoms with Crippen molar-refractivity contribution in [3.8, 4) is 0 Å². The van der Waals surface area contributed by atoms with Crippen molar-refractivity contribution < 1.29 is 4.42 Å². The number of hydrogen-bond donors (Lipinski definition) is 0. The van der Waals surface area contributed by atoms with Crippen LogP contribution in [0.15, 0.2) is 27.4 Å². The molecule has 2 aromatic rings. The van der Waals surface area contributed by atoms with Gasteiger partial charge in [0.2, 0.25) is 0 Å². The molecule has 1 aromatic heterocycles. The Kier molecular flexibility index (Phi) is 4.09. The lowest BCUT2D eigenvalue weighted by molar-refractivity contribution is 0.328. The fourth-order valence-electron chi connectivity index (χ4n) is 2.00. The Morgan fingerprint density at radius 2 is 2.22 bits per heavy atom. The third kappa shape index (κ3) is 2.76. The second-order valence-electron chi connectivity index (χ2n) is 4.51. The Morgan fingerprint density at radius 3 is 2.94 bits per heavy atom. The molecule has 0 aliphatic rings. The molecule has 0 fully saturated rings. The smallest absolute Gasteiger partial charge is 0.408 e. The van der Waals surface area contributed by atoms with Gasteiger partial charge >= 0.3 is 5.76 Å². The maximum Gasteiger partial charge on any atom is 0.419 e. The molecule has 0 unspecified atom stereocenters. The number of aromatic nitrogens is 1. The first-order chi connectivity index (χ1) is 8.61. The fourth-order valence-corrected chi connectivity index (χ4v) is 2.12. The van der Waals surface area contributed by atoms with Gasteiger partial charge in [0.25, 0.3) is 0 Å². The summed E-state index contributed by atoms with van der Waals surface area (Å²) in [5.41, 5.74) is 2.60. The summed E-state index contributed by atoms with van der Waals surface area (Å²) in [5.74, 6) is 0.356. The van der Waals surface area contributed by atoms with Crippen LogP contribution in [0.5, 0.6) is 0 Å². The third-order valence-electron chi connectivity index (χ3n) is 2.98. The number of rotatable bonds is 5. The summed E-state index contributed by atoms with van der Waals surface area (Å²) in [6.07, 6.45) is 0.973. The van der Waals surface area contributed by atoms with Crippen LogP contribution in [0.3, 0.4) is 0 Å². The van der Waals surface area contributed by atoms with Gasteiger partial charge in [0.05, 0.1) is 5.52 Å². The molecule has 0 amide bonds. The lowest BCUT2D eigenvalue weighted by Crippen LogP contribution is -2.19. The highest BCUT2D eigenvalue weighted by Gasteiger charge is 2.07. The molecule has 0 N–H and O–H groups in total. The van der Waals surface area contributed by atoms with Crippen LogP contribution in [-0.4, -0.2) is 28.9 Å². The van der Waals surface area contributed by atoms with E-state index in [4.69, 9.17) is 16.0 Å². The largest absolute Gasteiger partial charge is 0.419 e. The zero-order chi connectivity index (χ0) is 13.1. The lowest BCUT2D eigenvalue weighted by Gasteiger charge is -2.15. The molecule has 0 aliphatic heterocycles. The summed E-state index contributed by atoms with van der Waals surface area (Å²) >= 11 is 5.67. The zero-order valence-electron chi connectivity index (χ0n) is 10.6. The van der Waals surface area contributed by atoms with Crippen molar-refractivity contribution in [1.82, 2.24) is 9.47 Å². The van der Waals surface area contributed by atoms with Crippen molar-refractivity contribution in [1.29, 1.82) is 0 Å². The fraction of sp³-hybridized carbons (Fsp3) is 0.462. The number of oxazole rings is 1. The SMILES string of the molecule is CN(CCCCl)Cc1ccc2c(c1)oc(=O)n2C. The molecule has 0 spiro atoms. The van der Waals surface area contributed by atoms with Crippen LogP contribution in [-0.2, 0) is 13.6 Å². The number of nitrogens with zero attached hydrogens (tertiary/aromatic N) is 2. The van der Waals surface area contributed by atoms with Crippen LogP contribution in [0.2, 0.25) is 0 Å². The summed E-state index contributed by atoms with van der Waals surface area (Å²) in [6.45, 7) is 1.78. The highest BCUT2D eigenvalue weighted by molar-refractivity contribution is 6.17. The molecule has 1 heterocycles. The van der Waals surface area contributed by atoms with Crippen LogP contribution in [0.1, 0.15) is 12.0 Å². The van der Waals surface area contributed by atoms with E-state index in [1.165, 1.54) is 4.57 Å². The molecule has 4 nitrogen and oxygen atoms in total. The molecule has 0 saturated carbocycles. The van der Waals surface area contributed by atoms with E-state index in [0.29, 0.717) is 11.5 Å². The minimum Gasteiger partial charge on any atom is -0.408 e. The van der Waals surface area contributed by atoms with E-state index >= 15 is 0 Å². The van der Waals surface area contributed by atoms with Crippen LogP contribution in [0, 0.1) is 0 Å². The van der Waals surface area contributed by atoms with Gasteiger partial charge in [-0.1, -0.05) is 6.07 Å². The zero-order valence-corrected chi connectivity index (χ0v) is 11.4. The molecular weight excluding hydrogens is 252 g/mol. The van der Waals surface area contributed by atoms with Gasteiger partial charge in [-0.3, -0.25) is 4.57 Å². The van der Waals surface area contributed by atoms with E-state index in [2.05, 4.69) is 11.9 Å². The van der Waals surface area contributed by atoms with Gasteiger partial charge in [-0.2, -0.15) is 0 Å². The summed E-state index contributed by atoms with van der Waals surface area (Å²) in [6, 6.07) is 5.87. The summed E-state index contributed by atoms with van der Waals surface area (Å²) < 4.78 is 6.68. The summed E-state index contributed by atoms with van der Waals surface area (Å²) in [5, 5.41) is 0. The average molecular weight is 269 g/mol. The number of fused-ring (bicyclic) bond motifs is 1. The molecule has 1 aromatic carbocycles. The van der Waals surface area contributed by atoms with Crippen molar-refractivity contribution in [2.45, 2.75) is 13.0 Å². The van der Waals surface area contributed by atoms with Gasteiger partial charge in [0.15, 0.2) is 5.58 Å². The minimum absolute atomic E-state index is 0.322. The van der Waals surface area contributed by atoms with Gasteiger partial charge in [-0.05, 0) is 37.7 Å². The van der Waals surface area contributed by atoms with Gasteiger partial charge in [0.1, 0.15) is 0 Å². The first-order valence-corrected chi connectivity index (χ1v) is 6.48. The maximum atomic E-state index is 11.4. The van der Waals surface area contributed by atoms with Gasteiger partial charge in [-0.25, -0.2) is 4.79 Å². The van der Waals surface area contributed by atoms with Gasteiger partial charge < -0.3 is 9.32 Å². The molecule has 18 heavy (non-hydrogen) atoms. The van der Waals surface area contributed by atoms with Crippen LogP contribution in [0.25, 0.3) is 11.1 Å². The molecule has 0 aliphatic carbocycles. The Morgan fingerprint density at radius 1 is 1.44 bits per heavy atom. The first-order valence-electron chi connectivity index (χ1n) is 5.95. The maximum absolute atomic E-state index is 11.4. The van der Waals surface area contributed by atoms with Gasteiger partial charge in [-0.15, -0.1) is 11.6 Å². The minimum atomic E-state index is -0.322. The van der Waals surface area contributed by atoms with Crippen molar-refractivity contribution >= 4 is 22.7 Å². The van der Waals surface area contributed by atoms with E-state index < -0.39 is 0 Å². The van der Waals surface area contributed by atoms with E-state index in [9.17, 15) is 4.79 Å². The Labute approximate surface area is 111 Å². The highest BCUT2D eigenvalue weighted by atomic mass is 35.5. The quantitative estimate of drug-likeness (QED) is 0.781. The number of halogens is 1. The Balaban J connectivity index is 2.17. The average Bonchev–Trinajstić information content (AvgIpc) is 2.62. The predicted octanol–water partition coefficient (Wildman–Crippen LogP) is 2.19. The molecule has 98 valence electrons. The number of hydrogen-bond acceptors (Lipinski definition) is 3. The van der Waals surface area contributed by atoms with E-state index in [-0.39, 0.29) is 5.76 Å². The Bertz CT molecular complexity index is 588. The summed E-state index contributed by atoms with van der Waals surface area (Å²) in [4.78, 5) is 13.6. The number of alkyl halides is 1. The van der Waals surface area contributed by atoms with Crippen molar-refractivity contribution in [2.75, 3.05) is 19.5 Å². The topological polar surface area (TPSA) is 38.4 Å². The lowest BCUT2D eigenvalue weighted by atomic mass is 10.2. The van der Waals surface area contributed by atoms with Crippen molar-refractivity contribution in [2.24, 2.45) is 7.05 Å². The third-order valence-corrected chi connectivity index (χ3v) is 3.25. The monoisotopic (exact) mass is 268 g/mol. The molecule has 0 atom stereocenters. The molecule has 5 heteroatoms. The molecule has 0 saturated heterocycles. The van der Waals surface area contributed by atoms with E-state index in [0.717, 1.165) is 30.6 Å². The van der Waals surface area contributed by atoms with Crippen molar-refractivity contribution in [3.05, 3.63) is 34.3 Å². The second-order valence-corrected chi connectivity index (χ2v) is 4.89. The second kappa shape index (κ2) is 5.59. The molecule has 0 radical (unpaired) electrons. The standard InChI is InChI=1S/C13H17ClN2O2/c1-15(7-3-6-14)9-10-4-5-11-12(8-10)18-13(17)16(11)2/h4-5,8H,3,6-7,9H2,1-2H3. The van der Waals surface area contributed by atoms with Crippen LogP contribution >= 0.6 is 11.6 Å². The summed E-state index contributed by atoms with van der Waals surface area (Å²) in [7, 11) is 3.76. The van der Waals surface area contributed by atoms with Crippen molar-refractivity contribution in [3.63, 3.8) is 0 Å². The molecule has 2 rings (SSSR count). The highest BCUT2D eigenvalue weighted by Crippen LogP contribution is 2.15. The van der Waals surface area contributed by atoms with E-state index in [1.54, 1.807) is 7.05 Å².